The summed E-state index contributed by atoms with van der Waals surface area (Å²) in [5.74, 6) is 5.98. The van der Waals surface area contributed by atoms with Gasteiger partial charge in [0, 0.05) is 23.4 Å². The average molecular weight is 384 g/mol. The lowest BCUT2D eigenvalue weighted by molar-refractivity contribution is -0.103. The van der Waals surface area contributed by atoms with Crippen molar-refractivity contribution in [2.45, 2.75) is 18.3 Å². The van der Waals surface area contributed by atoms with Crippen LogP contribution >= 0.6 is 11.6 Å². The summed E-state index contributed by atoms with van der Waals surface area (Å²) in [5.41, 5.74) is 8.29. The molecule has 0 aromatic heterocycles. The zero-order valence-corrected chi connectivity index (χ0v) is 15.9. The fourth-order valence-corrected chi connectivity index (χ4v) is 3.02. The van der Waals surface area contributed by atoms with Crippen LogP contribution in [0.25, 0.3) is 0 Å². The highest BCUT2D eigenvalue weighted by atomic mass is 35.5. The van der Waals surface area contributed by atoms with Gasteiger partial charge in [-0.3, -0.25) is 0 Å². The summed E-state index contributed by atoms with van der Waals surface area (Å²) in [7, 11) is 1.65. The van der Waals surface area contributed by atoms with E-state index in [2.05, 4.69) is 11.8 Å². The van der Waals surface area contributed by atoms with Gasteiger partial charge in [0.1, 0.15) is 24.9 Å². The lowest BCUT2D eigenvalue weighted by Gasteiger charge is -2.31. The first kappa shape index (κ1) is 19.5. The second-order valence-corrected chi connectivity index (χ2v) is 6.59. The first-order valence-corrected chi connectivity index (χ1v) is 9.08. The number of nitrogen functional groups attached to an aromatic ring is 1. The van der Waals surface area contributed by atoms with E-state index in [1.165, 1.54) is 0 Å². The van der Waals surface area contributed by atoms with Crippen molar-refractivity contribution in [1.82, 2.24) is 0 Å². The van der Waals surface area contributed by atoms with E-state index in [1.807, 2.05) is 42.5 Å². The van der Waals surface area contributed by atoms with Gasteiger partial charge in [-0.1, -0.05) is 65.9 Å². The highest BCUT2D eigenvalue weighted by Gasteiger charge is 2.28. The Morgan fingerprint density at radius 2 is 1.96 bits per heavy atom. The van der Waals surface area contributed by atoms with Crippen LogP contribution in [0.5, 0.6) is 0 Å². The molecule has 5 heteroatoms. The predicted molar refractivity (Wildman–Crippen MR) is 108 cm³/mol. The molecule has 4 nitrogen and oxygen atoms in total. The number of anilines is 1. The fraction of sp³-hybridized carbons (Fsp3) is 0.273. The summed E-state index contributed by atoms with van der Waals surface area (Å²) in [5, 5.41) is 0.602. The Morgan fingerprint density at radius 1 is 1.15 bits per heavy atom. The first-order valence-electron chi connectivity index (χ1n) is 8.70. The Hall–Kier alpha value is -2.29. The predicted octanol–water partition coefficient (Wildman–Crippen LogP) is 4.00. The van der Waals surface area contributed by atoms with Crippen LogP contribution in [0.3, 0.4) is 0 Å². The van der Waals surface area contributed by atoms with Crippen LogP contribution < -0.4 is 5.73 Å². The normalized spacial score (nSPS) is 21.5. The van der Waals surface area contributed by atoms with Gasteiger partial charge in [-0.15, -0.1) is 0 Å². The van der Waals surface area contributed by atoms with Crippen LogP contribution in [0.1, 0.15) is 17.2 Å². The second-order valence-electron chi connectivity index (χ2n) is 6.16. The van der Waals surface area contributed by atoms with E-state index in [1.54, 1.807) is 25.3 Å². The number of nitrogens with two attached hydrogens (primary N) is 1. The molecule has 0 aliphatic carbocycles. The van der Waals surface area contributed by atoms with E-state index in [9.17, 15) is 0 Å². The van der Waals surface area contributed by atoms with Gasteiger partial charge >= 0.3 is 0 Å². The topological polar surface area (TPSA) is 53.7 Å². The van der Waals surface area contributed by atoms with Crippen LogP contribution in [0, 0.1) is 11.8 Å². The molecule has 0 unspecified atom stereocenters. The third kappa shape index (κ3) is 5.35. The van der Waals surface area contributed by atoms with Crippen molar-refractivity contribution >= 4 is 17.3 Å². The highest BCUT2D eigenvalue weighted by molar-refractivity contribution is 6.30. The zero-order valence-electron chi connectivity index (χ0n) is 15.1. The van der Waals surface area contributed by atoms with Crippen LogP contribution in [-0.4, -0.2) is 32.5 Å². The number of methoxy groups -OCH3 is 1. The first-order chi connectivity index (χ1) is 13.2. The van der Waals surface area contributed by atoms with Gasteiger partial charge in [-0.2, -0.15) is 0 Å². The van der Waals surface area contributed by atoms with Gasteiger partial charge in [-0.05, 0) is 23.8 Å². The van der Waals surface area contributed by atoms with Gasteiger partial charge < -0.3 is 19.9 Å². The average Bonchev–Trinajstić information content (AvgIpc) is 2.69. The molecule has 1 aliphatic rings. The molecule has 1 heterocycles. The van der Waals surface area contributed by atoms with Crippen molar-refractivity contribution < 1.29 is 14.2 Å². The highest BCUT2D eigenvalue weighted by Crippen LogP contribution is 2.27. The molecule has 0 spiro atoms. The van der Waals surface area contributed by atoms with Crippen molar-refractivity contribution in [3.8, 4) is 11.8 Å². The smallest absolute Gasteiger partial charge is 0.112 e. The van der Waals surface area contributed by atoms with E-state index in [4.69, 9.17) is 31.5 Å². The Balaban J connectivity index is 1.64. The molecule has 0 amide bonds. The minimum atomic E-state index is -0.226. The molecule has 140 valence electrons. The maximum atomic E-state index is 6.15. The molecule has 0 bridgehead atoms. The maximum Gasteiger partial charge on any atom is 0.112 e. The van der Waals surface area contributed by atoms with Gasteiger partial charge in [0.15, 0.2) is 0 Å². The third-order valence-electron chi connectivity index (χ3n) is 4.21. The molecule has 2 aromatic rings. The van der Waals surface area contributed by atoms with E-state index in [0.29, 0.717) is 22.9 Å². The van der Waals surface area contributed by atoms with E-state index in [-0.39, 0.29) is 24.9 Å². The fourth-order valence-electron chi connectivity index (χ4n) is 2.85. The molecule has 27 heavy (non-hydrogen) atoms. The second kappa shape index (κ2) is 9.59. The number of benzene rings is 2. The lowest BCUT2D eigenvalue weighted by atomic mass is 10.0. The van der Waals surface area contributed by atoms with Gasteiger partial charge in [0.05, 0.1) is 6.61 Å². The van der Waals surface area contributed by atoms with Crippen LogP contribution in [-0.2, 0) is 14.2 Å². The Bertz CT molecular complexity index is 842. The molecule has 2 N–H and O–H groups in total. The van der Waals surface area contributed by atoms with Crippen LogP contribution in [0.15, 0.2) is 60.7 Å². The summed E-state index contributed by atoms with van der Waals surface area (Å²) in [6.07, 6.45) is 3.48. The van der Waals surface area contributed by atoms with Crippen molar-refractivity contribution in [1.29, 1.82) is 0 Å². The van der Waals surface area contributed by atoms with Crippen molar-refractivity contribution in [3.05, 3.63) is 76.8 Å². The maximum absolute atomic E-state index is 6.15. The standard InChI is InChI=1S/C22H22ClNO3/c1-25-15-22-21(12-11-20(27-22)16-6-3-2-4-7-16)26-13-5-8-17-14-18(23)9-10-19(17)24/h2-4,6-7,9-12,14,20-22H,13,15,24H2,1H3/t20-,21-,22+/m0/s1. The summed E-state index contributed by atoms with van der Waals surface area (Å²) in [6, 6.07) is 15.3. The molecule has 1 aliphatic heterocycles. The van der Waals surface area contributed by atoms with E-state index in [0.717, 1.165) is 5.56 Å². The molecule has 3 rings (SSSR count). The molecular formula is C22H22ClNO3. The Kier molecular flexibility index (Phi) is 6.92. The van der Waals surface area contributed by atoms with Crippen molar-refractivity contribution in [3.63, 3.8) is 0 Å². The monoisotopic (exact) mass is 383 g/mol. The summed E-state index contributed by atoms with van der Waals surface area (Å²) < 4.78 is 17.3. The van der Waals surface area contributed by atoms with Crippen molar-refractivity contribution in [2.24, 2.45) is 0 Å². The SMILES string of the molecule is COC[C@H]1O[C@H](c2ccccc2)C=C[C@@H]1OCC#Cc1cc(Cl)ccc1N. The van der Waals surface area contributed by atoms with Gasteiger partial charge in [-0.25, -0.2) is 0 Å². The van der Waals surface area contributed by atoms with E-state index < -0.39 is 0 Å². The lowest BCUT2D eigenvalue weighted by Crippen LogP contribution is -2.37. The molecule has 3 atom stereocenters. The van der Waals surface area contributed by atoms with Gasteiger partial charge in [0.2, 0.25) is 0 Å². The van der Waals surface area contributed by atoms with Crippen molar-refractivity contribution in [2.75, 3.05) is 26.1 Å². The summed E-state index contributed by atoms with van der Waals surface area (Å²) in [6.45, 7) is 0.688. The zero-order chi connectivity index (χ0) is 19.1. The molecule has 0 fully saturated rings. The summed E-state index contributed by atoms with van der Waals surface area (Å²) in [4.78, 5) is 0. The molecular weight excluding hydrogens is 362 g/mol. The molecule has 0 saturated heterocycles. The number of halogens is 1. The van der Waals surface area contributed by atoms with Gasteiger partial charge in [0.25, 0.3) is 0 Å². The molecule has 0 radical (unpaired) electrons. The molecule has 0 saturated carbocycles. The van der Waals surface area contributed by atoms with Crippen LogP contribution in [0.2, 0.25) is 5.02 Å². The number of hydrogen-bond acceptors (Lipinski definition) is 4. The Morgan fingerprint density at radius 3 is 2.74 bits per heavy atom. The number of rotatable bonds is 5. The third-order valence-corrected chi connectivity index (χ3v) is 4.44. The van der Waals surface area contributed by atoms with E-state index >= 15 is 0 Å². The number of ether oxygens (including phenoxy) is 3. The minimum Gasteiger partial charge on any atom is -0.398 e. The van der Waals surface area contributed by atoms with Crippen LogP contribution in [0.4, 0.5) is 5.69 Å². The quantitative estimate of drug-likeness (QED) is 0.481. The number of hydrogen-bond donors (Lipinski definition) is 1. The minimum absolute atomic E-state index is 0.108. The summed E-state index contributed by atoms with van der Waals surface area (Å²) >= 11 is 5.98. The molecule has 2 aromatic carbocycles. The Labute approximate surface area is 164 Å². The largest absolute Gasteiger partial charge is 0.398 e.